The average Bonchev–Trinajstić information content (AvgIpc) is 3.11. The van der Waals surface area contributed by atoms with Gasteiger partial charge >= 0.3 is 12.1 Å². The number of carbonyl (C=O) groups is 3. The third kappa shape index (κ3) is 9.58. The predicted octanol–water partition coefficient (Wildman–Crippen LogP) is 4.08. The van der Waals surface area contributed by atoms with Crippen molar-refractivity contribution in [1.29, 1.82) is 0 Å². The lowest BCUT2D eigenvalue weighted by Crippen LogP contribution is -2.52. The molecule has 12 heteroatoms. The number of carbonyl (C=O) groups excluding carboxylic acids is 3. The number of amides is 4. The number of alkyl carbamates (subject to hydrolysis) is 1. The molecule has 244 valence electrons. The van der Waals surface area contributed by atoms with Crippen LogP contribution in [0.15, 0.2) is 103 Å². The van der Waals surface area contributed by atoms with Gasteiger partial charge in [0.05, 0.1) is 19.8 Å². The summed E-state index contributed by atoms with van der Waals surface area (Å²) in [5.41, 5.74) is 3.37. The molecule has 5 rings (SSSR count). The van der Waals surface area contributed by atoms with Gasteiger partial charge in [-0.15, -0.1) is 5.10 Å². The zero-order valence-electron chi connectivity index (χ0n) is 26.1. The Balaban J connectivity index is 1.19. The van der Waals surface area contributed by atoms with Gasteiger partial charge in [0.2, 0.25) is 5.91 Å². The number of methoxy groups -OCH3 is 1. The molecule has 0 unspecified atom stereocenters. The van der Waals surface area contributed by atoms with Crippen molar-refractivity contribution in [3.8, 4) is 0 Å². The van der Waals surface area contributed by atoms with Crippen LogP contribution in [0.3, 0.4) is 0 Å². The van der Waals surface area contributed by atoms with E-state index in [9.17, 15) is 14.4 Å². The molecule has 2 heterocycles. The third-order valence-corrected chi connectivity index (χ3v) is 7.89. The van der Waals surface area contributed by atoms with E-state index in [1.807, 2.05) is 84.9 Å². The fourth-order valence-corrected chi connectivity index (χ4v) is 5.50. The topological polar surface area (TPSA) is 156 Å². The van der Waals surface area contributed by atoms with Crippen molar-refractivity contribution in [1.82, 2.24) is 26.1 Å². The van der Waals surface area contributed by atoms with Gasteiger partial charge in [-0.05, 0) is 47.7 Å². The fourth-order valence-electron chi connectivity index (χ4n) is 5.50. The number of nitrogens with one attached hydrogen (secondary N) is 5. The van der Waals surface area contributed by atoms with Crippen molar-refractivity contribution in [3.63, 3.8) is 0 Å². The molecule has 0 saturated carbocycles. The van der Waals surface area contributed by atoms with E-state index in [4.69, 9.17) is 9.47 Å². The van der Waals surface area contributed by atoms with Crippen molar-refractivity contribution in [2.75, 3.05) is 37.4 Å². The Morgan fingerprint density at radius 2 is 1.62 bits per heavy atom. The highest BCUT2D eigenvalue weighted by atomic mass is 16.5. The maximum atomic E-state index is 14.0. The predicted molar refractivity (Wildman–Crippen MR) is 178 cm³/mol. The number of rotatable bonds is 12. The molecule has 5 N–H and O–H groups in total. The van der Waals surface area contributed by atoms with Crippen LogP contribution in [0.5, 0.6) is 0 Å². The highest BCUT2D eigenvalue weighted by Gasteiger charge is 2.33. The third-order valence-electron chi connectivity index (χ3n) is 7.89. The summed E-state index contributed by atoms with van der Waals surface area (Å²) in [6.45, 7) is 1.45. The number of anilines is 2. The zero-order valence-corrected chi connectivity index (χ0v) is 26.1. The number of aromatic nitrogens is 2. The van der Waals surface area contributed by atoms with Crippen molar-refractivity contribution in [2.24, 2.45) is 0 Å². The van der Waals surface area contributed by atoms with Crippen LogP contribution >= 0.6 is 0 Å². The summed E-state index contributed by atoms with van der Waals surface area (Å²) >= 11 is 0. The van der Waals surface area contributed by atoms with Crippen LogP contribution in [0.4, 0.5) is 21.1 Å². The Morgan fingerprint density at radius 1 is 0.915 bits per heavy atom. The largest absolute Gasteiger partial charge is 0.453 e. The van der Waals surface area contributed by atoms with E-state index >= 15 is 0 Å². The van der Waals surface area contributed by atoms with Crippen molar-refractivity contribution < 1.29 is 23.9 Å². The van der Waals surface area contributed by atoms with Crippen LogP contribution in [0, 0.1) is 0 Å². The molecule has 12 nitrogen and oxygen atoms in total. The monoisotopic (exact) mass is 637 g/mol. The van der Waals surface area contributed by atoms with Gasteiger partial charge < -0.3 is 30.7 Å². The lowest BCUT2D eigenvalue weighted by atomic mass is 9.84. The average molecular weight is 638 g/mol. The Morgan fingerprint density at radius 3 is 2.26 bits per heavy atom. The number of hydrogen-bond acceptors (Lipinski definition) is 8. The molecule has 1 fully saturated rings. The molecule has 1 aliphatic heterocycles. The van der Waals surface area contributed by atoms with Gasteiger partial charge in [-0.2, -0.15) is 5.10 Å². The smallest absolute Gasteiger partial charge is 0.407 e. The van der Waals surface area contributed by atoms with Crippen LogP contribution in [-0.2, 0) is 20.7 Å². The Kier molecular flexibility index (Phi) is 11.8. The number of hydrogen-bond donors (Lipinski definition) is 5. The van der Waals surface area contributed by atoms with Gasteiger partial charge in [0, 0.05) is 36.9 Å². The van der Waals surface area contributed by atoms with Crippen molar-refractivity contribution in [3.05, 3.63) is 120 Å². The minimum Gasteiger partial charge on any atom is -0.453 e. The molecule has 0 bridgehead atoms. The lowest BCUT2D eigenvalue weighted by Gasteiger charge is -2.31. The number of urea groups is 1. The van der Waals surface area contributed by atoms with E-state index in [1.54, 1.807) is 12.1 Å². The summed E-state index contributed by atoms with van der Waals surface area (Å²) in [7, 11) is 1.28. The maximum absolute atomic E-state index is 14.0. The number of morpholine rings is 1. The van der Waals surface area contributed by atoms with Crippen LogP contribution in [0.1, 0.15) is 29.0 Å². The highest BCUT2D eigenvalue weighted by Crippen LogP contribution is 2.30. The van der Waals surface area contributed by atoms with E-state index in [0.29, 0.717) is 44.0 Å². The van der Waals surface area contributed by atoms with Gasteiger partial charge in [-0.25, -0.2) is 9.59 Å². The first-order valence-electron chi connectivity index (χ1n) is 15.5. The molecule has 4 aromatic rings. The molecule has 0 aliphatic carbocycles. The van der Waals surface area contributed by atoms with Crippen LogP contribution < -0.4 is 26.6 Å². The normalized spacial score (nSPS) is 16.5. The SMILES string of the molecule is COC(=O)N[C@H](C(=O)Nc1ccccc1CC[C@@H]1CN[C@H](CNC(=O)Nc2cccnn2)CO1)C(c1ccccc1)c1ccccc1. The molecule has 1 aromatic heterocycles. The zero-order chi connectivity index (χ0) is 32.8. The standard InChI is InChI=1S/C35H39N7O5/c1-46-35(45)41-32(31(25-12-4-2-5-13-25)26-14-6-3-7-15-26)33(43)39-29-16-9-8-11-24(29)18-19-28-22-36-27(23-47-28)21-37-34(44)40-30-17-10-20-38-42-30/h2-17,20,27-28,31-32,36H,18-19,21-23H2,1H3,(H,39,43)(H,41,45)(H2,37,40,42,44)/t27-,28-,32+/m1/s1. The van der Waals surface area contributed by atoms with Crippen molar-refractivity contribution in [2.45, 2.75) is 36.9 Å². The number of ether oxygens (including phenoxy) is 2. The van der Waals surface area contributed by atoms with E-state index in [2.05, 4.69) is 36.8 Å². The number of aryl methyl sites for hydroxylation is 1. The molecule has 1 aliphatic rings. The van der Waals surface area contributed by atoms with Gasteiger partial charge in [-0.1, -0.05) is 78.9 Å². The molecule has 3 aromatic carbocycles. The first-order chi connectivity index (χ1) is 23.0. The summed E-state index contributed by atoms with van der Waals surface area (Å²) in [4.78, 5) is 38.7. The number of para-hydroxylation sites is 1. The molecular weight excluding hydrogens is 598 g/mol. The molecule has 3 atom stereocenters. The van der Waals surface area contributed by atoms with Crippen molar-refractivity contribution >= 4 is 29.5 Å². The van der Waals surface area contributed by atoms with E-state index in [-0.39, 0.29) is 24.1 Å². The minimum absolute atomic E-state index is 0.0353. The molecule has 0 spiro atoms. The summed E-state index contributed by atoms with van der Waals surface area (Å²) in [6.07, 6.45) is 2.16. The second kappa shape index (κ2) is 16.8. The van der Waals surface area contributed by atoms with Crippen LogP contribution in [0.2, 0.25) is 0 Å². The quantitative estimate of drug-likeness (QED) is 0.156. The summed E-state index contributed by atoms with van der Waals surface area (Å²) < 4.78 is 11.0. The summed E-state index contributed by atoms with van der Waals surface area (Å²) in [6, 6.07) is 28.9. The van der Waals surface area contributed by atoms with Gasteiger partial charge in [-0.3, -0.25) is 10.1 Å². The van der Waals surface area contributed by atoms with Gasteiger partial charge in [0.1, 0.15) is 6.04 Å². The van der Waals surface area contributed by atoms with E-state index in [1.165, 1.54) is 13.3 Å². The summed E-state index contributed by atoms with van der Waals surface area (Å²) in [5, 5.41) is 22.3. The Bertz CT molecular complexity index is 1550. The molecule has 1 saturated heterocycles. The molecular formula is C35H39N7O5. The Hall–Kier alpha value is -5.33. The van der Waals surface area contributed by atoms with Crippen LogP contribution in [-0.4, -0.2) is 73.2 Å². The van der Waals surface area contributed by atoms with E-state index < -0.39 is 18.1 Å². The number of nitrogens with zero attached hydrogens (tertiary/aromatic N) is 2. The second-order valence-electron chi connectivity index (χ2n) is 11.1. The maximum Gasteiger partial charge on any atom is 0.407 e. The van der Waals surface area contributed by atoms with Crippen LogP contribution in [0.25, 0.3) is 0 Å². The molecule has 4 amide bonds. The van der Waals surface area contributed by atoms with Gasteiger partial charge in [0.15, 0.2) is 5.82 Å². The summed E-state index contributed by atoms with van der Waals surface area (Å²) in [5.74, 6) is -0.461. The second-order valence-corrected chi connectivity index (χ2v) is 11.1. The lowest BCUT2D eigenvalue weighted by molar-refractivity contribution is -0.118. The first kappa shape index (κ1) is 33.0. The number of benzene rings is 3. The fraction of sp³-hybridized carbons (Fsp3) is 0.286. The highest BCUT2D eigenvalue weighted by molar-refractivity contribution is 5.98. The van der Waals surface area contributed by atoms with E-state index in [0.717, 1.165) is 16.7 Å². The molecule has 0 radical (unpaired) electrons. The first-order valence-corrected chi connectivity index (χ1v) is 15.5. The minimum atomic E-state index is -0.959. The van der Waals surface area contributed by atoms with Gasteiger partial charge in [0.25, 0.3) is 0 Å². The Labute approximate surface area is 273 Å². The molecule has 47 heavy (non-hydrogen) atoms.